The topological polar surface area (TPSA) is 72.2 Å². The third kappa shape index (κ3) is 4.46. The van der Waals surface area contributed by atoms with Crippen molar-refractivity contribution in [2.45, 2.75) is 18.3 Å². The molecule has 1 N–H and O–H groups in total. The van der Waals surface area contributed by atoms with Gasteiger partial charge in [0.2, 0.25) is 5.91 Å². The Morgan fingerprint density at radius 2 is 1.93 bits per heavy atom. The average molecular weight is 449 g/mol. The van der Waals surface area contributed by atoms with Gasteiger partial charge < -0.3 is 5.32 Å². The number of carbonyl (C=O) groups is 1. The standard InChI is InChI=1S/C19H14F3N5OS2/c1-11-2-4-12(5-3-11)14-9-29-17(23-14)24-16(28)10-30-18-26-25-15-7-6-13(8-27(15)18)19(20,21)22/h2-9H,10H2,1H3,(H,23,24,28). The Hall–Kier alpha value is -2.92. The van der Waals surface area contributed by atoms with Gasteiger partial charge in [0.25, 0.3) is 0 Å². The lowest BCUT2D eigenvalue weighted by atomic mass is 10.1. The summed E-state index contributed by atoms with van der Waals surface area (Å²) in [4.78, 5) is 16.7. The smallest absolute Gasteiger partial charge is 0.301 e. The molecule has 0 atom stereocenters. The van der Waals surface area contributed by atoms with Gasteiger partial charge in [0, 0.05) is 17.1 Å². The molecule has 0 radical (unpaired) electrons. The van der Waals surface area contributed by atoms with Crippen molar-refractivity contribution in [3.8, 4) is 11.3 Å². The second kappa shape index (κ2) is 8.07. The fraction of sp³-hybridized carbons (Fsp3) is 0.158. The number of pyridine rings is 1. The van der Waals surface area contributed by atoms with Crippen molar-refractivity contribution in [1.82, 2.24) is 19.6 Å². The molecule has 0 saturated carbocycles. The molecule has 0 fully saturated rings. The first-order valence-electron chi connectivity index (χ1n) is 8.67. The van der Waals surface area contributed by atoms with E-state index < -0.39 is 11.7 Å². The maximum Gasteiger partial charge on any atom is 0.417 e. The van der Waals surface area contributed by atoms with Gasteiger partial charge in [0.05, 0.1) is 17.0 Å². The molecule has 0 spiro atoms. The number of nitrogens with zero attached hydrogens (tertiary/aromatic N) is 4. The number of anilines is 1. The number of amides is 1. The highest BCUT2D eigenvalue weighted by molar-refractivity contribution is 7.99. The number of carbonyl (C=O) groups excluding carboxylic acids is 1. The van der Waals surface area contributed by atoms with Crippen LogP contribution in [0.4, 0.5) is 18.3 Å². The Balaban J connectivity index is 1.41. The predicted octanol–water partition coefficient (Wildman–Crippen LogP) is 4.91. The van der Waals surface area contributed by atoms with Crippen LogP contribution in [0.1, 0.15) is 11.1 Å². The molecular formula is C19H14F3N5OS2. The maximum atomic E-state index is 12.9. The summed E-state index contributed by atoms with van der Waals surface area (Å²) < 4.78 is 40.0. The molecular weight excluding hydrogens is 435 g/mol. The molecule has 3 aromatic heterocycles. The minimum Gasteiger partial charge on any atom is -0.301 e. The Morgan fingerprint density at radius 3 is 2.67 bits per heavy atom. The van der Waals surface area contributed by atoms with E-state index in [2.05, 4.69) is 20.5 Å². The number of thioether (sulfide) groups is 1. The van der Waals surface area contributed by atoms with Crippen LogP contribution < -0.4 is 5.32 Å². The van der Waals surface area contributed by atoms with Crippen molar-refractivity contribution in [3.05, 3.63) is 59.1 Å². The van der Waals surface area contributed by atoms with E-state index in [-0.39, 0.29) is 22.5 Å². The normalized spacial score (nSPS) is 11.7. The summed E-state index contributed by atoms with van der Waals surface area (Å²) in [5.74, 6) is -0.384. The quantitative estimate of drug-likeness (QED) is 0.438. The molecule has 0 aliphatic carbocycles. The lowest BCUT2D eigenvalue weighted by Gasteiger charge is -2.07. The van der Waals surface area contributed by atoms with Gasteiger partial charge in [-0.2, -0.15) is 13.2 Å². The van der Waals surface area contributed by atoms with E-state index in [9.17, 15) is 18.0 Å². The van der Waals surface area contributed by atoms with E-state index in [4.69, 9.17) is 0 Å². The fourth-order valence-electron chi connectivity index (χ4n) is 2.61. The molecule has 30 heavy (non-hydrogen) atoms. The van der Waals surface area contributed by atoms with Gasteiger partial charge in [0.15, 0.2) is 15.9 Å². The molecule has 0 bridgehead atoms. The fourth-order valence-corrected chi connectivity index (χ4v) is 4.06. The number of nitrogens with one attached hydrogen (secondary N) is 1. The van der Waals surface area contributed by atoms with Crippen molar-refractivity contribution in [3.63, 3.8) is 0 Å². The zero-order valence-corrected chi connectivity index (χ0v) is 17.1. The Morgan fingerprint density at radius 1 is 1.17 bits per heavy atom. The number of rotatable bonds is 5. The third-order valence-electron chi connectivity index (χ3n) is 4.13. The van der Waals surface area contributed by atoms with Crippen LogP contribution in [0.2, 0.25) is 0 Å². The summed E-state index contributed by atoms with van der Waals surface area (Å²) in [6.45, 7) is 2.00. The van der Waals surface area contributed by atoms with Gasteiger partial charge in [0.1, 0.15) is 0 Å². The first-order chi connectivity index (χ1) is 14.3. The van der Waals surface area contributed by atoms with Crippen molar-refractivity contribution >= 4 is 39.8 Å². The van der Waals surface area contributed by atoms with E-state index in [1.807, 2.05) is 36.6 Å². The summed E-state index contributed by atoms with van der Waals surface area (Å²) in [5.41, 5.74) is 2.30. The van der Waals surface area contributed by atoms with Crippen LogP contribution in [0.15, 0.2) is 53.1 Å². The minimum absolute atomic E-state index is 0.0452. The number of aryl methyl sites for hydroxylation is 1. The molecule has 6 nitrogen and oxygen atoms in total. The number of fused-ring (bicyclic) bond motifs is 1. The lowest BCUT2D eigenvalue weighted by Crippen LogP contribution is -2.14. The molecule has 4 aromatic rings. The molecule has 3 heterocycles. The van der Waals surface area contributed by atoms with Crippen LogP contribution in [-0.4, -0.2) is 31.2 Å². The highest BCUT2D eigenvalue weighted by Crippen LogP contribution is 2.30. The van der Waals surface area contributed by atoms with Gasteiger partial charge in [-0.05, 0) is 19.1 Å². The van der Waals surface area contributed by atoms with Crippen molar-refractivity contribution in [1.29, 1.82) is 0 Å². The van der Waals surface area contributed by atoms with Crippen molar-refractivity contribution < 1.29 is 18.0 Å². The number of thiazole rings is 1. The summed E-state index contributed by atoms with van der Waals surface area (Å²) >= 11 is 2.29. The van der Waals surface area contributed by atoms with E-state index in [1.165, 1.54) is 21.8 Å². The minimum atomic E-state index is -4.47. The van der Waals surface area contributed by atoms with Crippen molar-refractivity contribution in [2.75, 3.05) is 11.1 Å². The monoisotopic (exact) mass is 449 g/mol. The van der Waals surface area contributed by atoms with E-state index in [0.717, 1.165) is 40.8 Å². The Kier molecular flexibility index (Phi) is 5.48. The van der Waals surface area contributed by atoms with Crippen molar-refractivity contribution in [2.24, 2.45) is 0 Å². The van der Waals surface area contributed by atoms with E-state index >= 15 is 0 Å². The molecule has 0 aliphatic rings. The zero-order chi connectivity index (χ0) is 21.3. The first-order valence-corrected chi connectivity index (χ1v) is 10.5. The van der Waals surface area contributed by atoms with E-state index in [0.29, 0.717) is 5.13 Å². The number of hydrogen-bond donors (Lipinski definition) is 1. The zero-order valence-electron chi connectivity index (χ0n) is 15.5. The van der Waals surface area contributed by atoms with Gasteiger partial charge in [-0.15, -0.1) is 21.5 Å². The van der Waals surface area contributed by atoms with Gasteiger partial charge >= 0.3 is 6.18 Å². The predicted molar refractivity (Wildman–Crippen MR) is 110 cm³/mol. The molecule has 11 heteroatoms. The maximum absolute atomic E-state index is 12.9. The SMILES string of the molecule is Cc1ccc(-c2csc(NC(=O)CSc3nnc4ccc(C(F)(F)F)cn34)n2)cc1. The molecule has 4 rings (SSSR count). The summed E-state index contributed by atoms with van der Waals surface area (Å²) in [7, 11) is 0. The highest BCUT2D eigenvalue weighted by atomic mass is 32.2. The summed E-state index contributed by atoms with van der Waals surface area (Å²) in [5, 5.41) is 12.9. The Labute approximate surface area is 177 Å². The Bertz CT molecular complexity index is 1200. The van der Waals surface area contributed by atoms with Crippen LogP contribution in [0.3, 0.4) is 0 Å². The summed E-state index contributed by atoms with van der Waals surface area (Å²) in [6, 6.07) is 10.1. The average Bonchev–Trinajstić information content (AvgIpc) is 3.33. The van der Waals surface area contributed by atoms with Crippen LogP contribution in [0.5, 0.6) is 0 Å². The first kappa shape index (κ1) is 20.4. The molecule has 0 aliphatic heterocycles. The number of benzene rings is 1. The molecule has 0 saturated heterocycles. The molecule has 154 valence electrons. The third-order valence-corrected chi connectivity index (χ3v) is 5.83. The molecule has 0 unspecified atom stereocenters. The molecule has 1 amide bonds. The number of halogens is 3. The van der Waals surface area contributed by atoms with Gasteiger partial charge in [-0.25, -0.2) is 4.98 Å². The second-order valence-electron chi connectivity index (χ2n) is 6.37. The van der Waals surface area contributed by atoms with Crippen LogP contribution in [0, 0.1) is 6.92 Å². The van der Waals surface area contributed by atoms with Crippen LogP contribution in [-0.2, 0) is 11.0 Å². The number of aromatic nitrogens is 4. The number of hydrogen-bond acceptors (Lipinski definition) is 6. The second-order valence-corrected chi connectivity index (χ2v) is 8.17. The van der Waals surface area contributed by atoms with Crippen LogP contribution in [0.25, 0.3) is 16.9 Å². The highest BCUT2D eigenvalue weighted by Gasteiger charge is 2.31. The molecule has 1 aromatic carbocycles. The largest absolute Gasteiger partial charge is 0.417 e. The van der Waals surface area contributed by atoms with E-state index in [1.54, 1.807) is 0 Å². The van der Waals surface area contributed by atoms with Gasteiger partial charge in [-0.3, -0.25) is 9.20 Å². The lowest BCUT2D eigenvalue weighted by molar-refractivity contribution is -0.137. The summed E-state index contributed by atoms with van der Waals surface area (Å²) in [6.07, 6.45) is -3.55. The van der Waals surface area contributed by atoms with Crippen LogP contribution >= 0.6 is 23.1 Å². The van der Waals surface area contributed by atoms with Gasteiger partial charge in [-0.1, -0.05) is 41.6 Å². The number of alkyl halides is 3.